The Balaban J connectivity index is 1.62. The molecule has 2 aromatic rings. The molecule has 164 valence electrons. The summed E-state index contributed by atoms with van der Waals surface area (Å²) in [7, 11) is -3.62. The number of benzene rings is 1. The molecule has 0 aliphatic carbocycles. The van der Waals surface area contributed by atoms with E-state index in [0.29, 0.717) is 43.1 Å². The molecule has 0 bridgehead atoms. The standard InChI is InChI=1S/C20H27N3O5S2/c1-2-15-5-3-4-8-23(15)30(26,27)16-6-7-17-18(13-16)29-20(25)22(17)14-19(24)21-9-11-28-12-10-21/h6-7,13,15H,2-5,8-12,14H2,1H3/t15-/m0/s1. The van der Waals surface area contributed by atoms with Crippen LogP contribution in [0.5, 0.6) is 0 Å². The van der Waals surface area contributed by atoms with Crippen LogP contribution in [0.1, 0.15) is 32.6 Å². The maximum absolute atomic E-state index is 13.2. The number of ether oxygens (including phenoxy) is 1. The Morgan fingerprint density at radius 3 is 2.70 bits per heavy atom. The van der Waals surface area contributed by atoms with Crippen molar-refractivity contribution in [3.05, 3.63) is 27.9 Å². The fraction of sp³-hybridized carbons (Fsp3) is 0.600. The molecule has 3 heterocycles. The van der Waals surface area contributed by atoms with Gasteiger partial charge in [-0.1, -0.05) is 24.7 Å². The molecule has 0 radical (unpaired) electrons. The summed E-state index contributed by atoms with van der Waals surface area (Å²) in [5.41, 5.74) is 0.594. The highest BCUT2D eigenvalue weighted by atomic mass is 32.2. The average molecular weight is 454 g/mol. The molecule has 2 saturated heterocycles. The minimum absolute atomic E-state index is 0.0222. The average Bonchev–Trinajstić information content (AvgIpc) is 3.08. The zero-order valence-electron chi connectivity index (χ0n) is 17.1. The minimum atomic E-state index is -3.62. The lowest BCUT2D eigenvalue weighted by molar-refractivity contribution is -0.135. The number of hydrogen-bond acceptors (Lipinski definition) is 6. The van der Waals surface area contributed by atoms with Gasteiger partial charge < -0.3 is 9.64 Å². The molecule has 1 aromatic heterocycles. The number of hydrogen-bond donors (Lipinski definition) is 0. The monoisotopic (exact) mass is 453 g/mol. The van der Waals surface area contributed by atoms with Gasteiger partial charge in [-0.15, -0.1) is 0 Å². The van der Waals surface area contributed by atoms with E-state index in [4.69, 9.17) is 4.74 Å². The van der Waals surface area contributed by atoms with E-state index in [1.54, 1.807) is 27.4 Å². The Bertz CT molecular complexity index is 1090. The quantitative estimate of drug-likeness (QED) is 0.690. The van der Waals surface area contributed by atoms with E-state index in [-0.39, 0.29) is 28.3 Å². The predicted molar refractivity (Wildman–Crippen MR) is 115 cm³/mol. The number of aromatic nitrogens is 1. The number of morpholine rings is 1. The smallest absolute Gasteiger partial charge is 0.308 e. The summed E-state index contributed by atoms with van der Waals surface area (Å²) in [4.78, 5) is 26.8. The Morgan fingerprint density at radius 1 is 1.20 bits per heavy atom. The van der Waals surface area contributed by atoms with Gasteiger partial charge in [0.15, 0.2) is 0 Å². The van der Waals surface area contributed by atoms with Gasteiger partial charge in [-0.25, -0.2) is 8.42 Å². The largest absolute Gasteiger partial charge is 0.378 e. The van der Waals surface area contributed by atoms with Crippen molar-refractivity contribution in [1.29, 1.82) is 0 Å². The number of sulfonamides is 1. The second-order valence-corrected chi connectivity index (χ2v) is 10.6. The number of thiazole rings is 1. The number of rotatable bonds is 5. The third kappa shape index (κ3) is 4.05. The first-order chi connectivity index (χ1) is 14.4. The van der Waals surface area contributed by atoms with Gasteiger partial charge in [-0.05, 0) is 37.5 Å². The summed E-state index contributed by atoms with van der Waals surface area (Å²) >= 11 is 0.980. The molecule has 0 saturated carbocycles. The van der Waals surface area contributed by atoms with Crippen LogP contribution in [-0.4, -0.2) is 67.0 Å². The normalized spacial score (nSPS) is 21.2. The lowest BCUT2D eigenvalue weighted by atomic mass is 10.0. The highest BCUT2D eigenvalue weighted by Gasteiger charge is 2.33. The maximum atomic E-state index is 13.2. The maximum Gasteiger partial charge on any atom is 0.308 e. The Kier molecular flexibility index (Phi) is 6.29. The summed E-state index contributed by atoms with van der Waals surface area (Å²) in [6.45, 7) is 4.54. The molecule has 2 aliphatic heterocycles. The van der Waals surface area contributed by atoms with Crippen LogP contribution in [0.3, 0.4) is 0 Å². The fourth-order valence-electron chi connectivity index (χ4n) is 4.24. The van der Waals surface area contributed by atoms with Crippen LogP contribution in [0.15, 0.2) is 27.9 Å². The van der Waals surface area contributed by atoms with Gasteiger partial charge in [-0.2, -0.15) is 4.31 Å². The zero-order valence-corrected chi connectivity index (χ0v) is 18.7. The molecule has 2 aliphatic rings. The number of piperidine rings is 1. The number of fused-ring (bicyclic) bond motifs is 1. The zero-order chi connectivity index (χ0) is 21.3. The molecule has 0 unspecified atom stereocenters. The van der Waals surface area contributed by atoms with E-state index in [9.17, 15) is 18.0 Å². The summed E-state index contributed by atoms with van der Waals surface area (Å²) < 4.78 is 35.4. The molecule has 1 aromatic carbocycles. The Morgan fingerprint density at radius 2 is 1.97 bits per heavy atom. The topological polar surface area (TPSA) is 88.9 Å². The second-order valence-electron chi connectivity index (χ2n) is 7.75. The number of amides is 1. The molecule has 0 N–H and O–H groups in total. The van der Waals surface area contributed by atoms with E-state index >= 15 is 0 Å². The van der Waals surface area contributed by atoms with Crippen molar-refractivity contribution >= 4 is 37.5 Å². The molecule has 0 spiro atoms. The van der Waals surface area contributed by atoms with Gasteiger partial charge in [0.05, 0.1) is 28.3 Å². The molecule has 10 heteroatoms. The first kappa shape index (κ1) is 21.5. The predicted octanol–water partition coefficient (Wildman–Crippen LogP) is 1.88. The Hall–Kier alpha value is -1.75. The molecule has 30 heavy (non-hydrogen) atoms. The molecule has 1 amide bonds. The first-order valence-corrected chi connectivity index (χ1v) is 12.7. The molecule has 1 atom stereocenters. The van der Waals surface area contributed by atoms with Crippen LogP contribution in [0, 0.1) is 0 Å². The minimum Gasteiger partial charge on any atom is -0.378 e. The summed E-state index contributed by atoms with van der Waals surface area (Å²) in [6.07, 6.45) is 3.58. The fourth-order valence-corrected chi connectivity index (χ4v) is 7.04. The van der Waals surface area contributed by atoms with Crippen LogP contribution in [-0.2, 0) is 26.1 Å². The van der Waals surface area contributed by atoms with Crippen LogP contribution < -0.4 is 4.87 Å². The van der Waals surface area contributed by atoms with E-state index < -0.39 is 10.0 Å². The van der Waals surface area contributed by atoms with Gasteiger partial charge in [-0.3, -0.25) is 14.2 Å². The van der Waals surface area contributed by atoms with E-state index in [1.807, 2.05) is 6.92 Å². The van der Waals surface area contributed by atoms with Crippen molar-refractivity contribution in [2.24, 2.45) is 0 Å². The van der Waals surface area contributed by atoms with E-state index in [1.165, 1.54) is 4.57 Å². The van der Waals surface area contributed by atoms with Crippen molar-refractivity contribution in [2.75, 3.05) is 32.8 Å². The first-order valence-electron chi connectivity index (χ1n) is 10.4. The second kappa shape index (κ2) is 8.78. The number of nitrogens with zero attached hydrogens (tertiary/aromatic N) is 3. The molecule has 2 fully saturated rings. The van der Waals surface area contributed by atoms with Gasteiger partial charge in [0.1, 0.15) is 6.54 Å². The highest BCUT2D eigenvalue weighted by molar-refractivity contribution is 7.89. The molecular formula is C20H27N3O5S2. The van der Waals surface area contributed by atoms with Crippen molar-refractivity contribution in [1.82, 2.24) is 13.8 Å². The molecule has 8 nitrogen and oxygen atoms in total. The lowest BCUT2D eigenvalue weighted by Crippen LogP contribution is -2.43. The van der Waals surface area contributed by atoms with Crippen LogP contribution in [0.4, 0.5) is 0 Å². The third-order valence-electron chi connectivity index (χ3n) is 5.95. The third-order valence-corrected chi connectivity index (χ3v) is 8.84. The van der Waals surface area contributed by atoms with E-state index in [2.05, 4.69) is 0 Å². The van der Waals surface area contributed by atoms with Crippen molar-refractivity contribution in [3.8, 4) is 0 Å². The van der Waals surface area contributed by atoms with Gasteiger partial charge >= 0.3 is 4.87 Å². The summed E-state index contributed by atoms with van der Waals surface area (Å²) in [6, 6.07) is 4.81. The SMILES string of the molecule is CC[C@H]1CCCCN1S(=O)(=O)c1ccc2c(c1)sc(=O)n2CC(=O)N1CCOCC1. The van der Waals surface area contributed by atoms with Crippen LogP contribution in [0.25, 0.3) is 10.2 Å². The van der Waals surface area contributed by atoms with Crippen molar-refractivity contribution in [3.63, 3.8) is 0 Å². The number of carbonyl (C=O) groups excluding carboxylic acids is 1. The lowest BCUT2D eigenvalue weighted by Gasteiger charge is -2.34. The van der Waals surface area contributed by atoms with Crippen molar-refractivity contribution < 1.29 is 17.9 Å². The molecule has 4 rings (SSSR count). The highest BCUT2D eigenvalue weighted by Crippen LogP contribution is 2.29. The van der Waals surface area contributed by atoms with Gasteiger partial charge in [0, 0.05) is 25.7 Å². The van der Waals surface area contributed by atoms with Crippen LogP contribution >= 0.6 is 11.3 Å². The van der Waals surface area contributed by atoms with Gasteiger partial charge in [0.25, 0.3) is 0 Å². The summed E-state index contributed by atoms with van der Waals surface area (Å²) in [5, 5.41) is 0. The van der Waals surface area contributed by atoms with Gasteiger partial charge in [0.2, 0.25) is 15.9 Å². The molecular weight excluding hydrogens is 426 g/mol. The number of carbonyl (C=O) groups is 1. The van der Waals surface area contributed by atoms with Crippen molar-refractivity contribution in [2.45, 2.75) is 50.1 Å². The Labute approximate surface area is 180 Å². The summed E-state index contributed by atoms with van der Waals surface area (Å²) in [5.74, 6) is -0.129. The van der Waals surface area contributed by atoms with E-state index in [0.717, 1.165) is 37.0 Å². The van der Waals surface area contributed by atoms with Crippen LogP contribution in [0.2, 0.25) is 0 Å².